The fraction of sp³-hybridized carbons (Fsp3) is 0.647. The number of piperazine rings is 1. The number of aryl methyl sites for hydroxylation is 1. The molecule has 1 saturated heterocycles. The van der Waals surface area contributed by atoms with Crippen LogP contribution in [0.4, 0.5) is 0 Å². The molecule has 0 aliphatic carbocycles. The van der Waals surface area contributed by atoms with Gasteiger partial charge in [-0.15, -0.1) is 0 Å². The molecule has 2 atom stereocenters. The molecule has 4 heteroatoms. The van der Waals surface area contributed by atoms with Gasteiger partial charge in [0.1, 0.15) is 5.75 Å². The zero-order valence-corrected chi connectivity index (χ0v) is 13.4. The van der Waals surface area contributed by atoms with Crippen LogP contribution in [0.15, 0.2) is 18.2 Å². The number of hydrogen-bond donors (Lipinski definition) is 2. The van der Waals surface area contributed by atoms with Gasteiger partial charge < -0.3 is 15.2 Å². The molecular weight excluding hydrogens is 264 g/mol. The van der Waals surface area contributed by atoms with Crippen LogP contribution in [-0.2, 0) is 0 Å². The second kappa shape index (κ2) is 7.78. The molecule has 0 radical (unpaired) electrons. The third-order valence-corrected chi connectivity index (χ3v) is 4.22. The highest BCUT2D eigenvalue weighted by molar-refractivity contribution is 5.36. The summed E-state index contributed by atoms with van der Waals surface area (Å²) < 4.78 is 5.65. The molecule has 2 unspecified atom stereocenters. The molecule has 0 saturated carbocycles. The summed E-state index contributed by atoms with van der Waals surface area (Å²) in [5.41, 5.74) is 2.10. The van der Waals surface area contributed by atoms with Crippen LogP contribution in [0.2, 0.25) is 0 Å². The number of hydrogen-bond acceptors (Lipinski definition) is 4. The Labute approximate surface area is 128 Å². The summed E-state index contributed by atoms with van der Waals surface area (Å²) in [4.78, 5) is 2.35. The lowest BCUT2D eigenvalue weighted by Gasteiger charge is -2.35. The first-order valence-corrected chi connectivity index (χ1v) is 7.99. The third-order valence-electron chi connectivity index (χ3n) is 4.22. The summed E-state index contributed by atoms with van der Waals surface area (Å²) in [5, 5.41) is 14.0. The molecule has 1 aromatic rings. The Morgan fingerprint density at radius 3 is 2.67 bits per heavy atom. The van der Waals surface area contributed by atoms with E-state index in [1.165, 1.54) is 0 Å². The topological polar surface area (TPSA) is 44.7 Å². The molecule has 1 aromatic carbocycles. The molecule has 0 spiro atoms. The van der Waals surface area contributed by atoms with Crippen LogP contribution in [-0.4, -0.2) is 48.8 Å². The lowest BCUT2D eigenvalue weighted by molar-refractivity contribution is 0.0506. The minimum atomic E-state index is -0.455. The molecule has 118 valence electrons. The summed E-state index contributed by atoms with van der Waals surface area (Å²) in [7, 11) is 0. The zero-order chi connectivity index (χ0) is 15.2. The molecule has 21 heavy (non-hydrogen) atoms. The monoisotopic (exact) mass is 292 g/mol. The lowest BCUT2D eigenvalue weighted by atomic mass is 9.97. The standard InChI is InChI=1S/C17H28N2O2/c1-4-11-21-15-5-6-16(13(2)12-15)17(20)14(3)19-9-7-18-8-10-19/h5-6,12,14,17-18,20H,4,7-11H2,1-3H3. The van der Waals surface area contributed by atoms with Crippen molar-refractivity contribution < 1.29 is 9.84 Å². The van der Waals surface area contributed by atoms with Gasteiger partial charge in [-0.2, -0.15) is 0 Å². The average Bonchev–Trinajstić information content (AvgIpc) is 2.52. The normalized spacial score (nSPS) is 19.2. The molecule has 4 nitrogen and oxygen atoms in total. The number of nitrogens with one attached hydrogen (secondary N) is 1. The van der Waals surface area contributed by atoms with E-state index in [2.05, 4.69) is 24.1 Å². The maximum atomic E-state index is 10.7. The number of benzene rings is 1. The molecular formula is C17H28N2O2. The Hall–Kier alpha value is -1.10. The first kappa shape index (κ1) is 16.3. The largest absolute Gasteiger partial charge is 0.494 e. The Morgan fingerprint density at radius 1 is 1.33 bits per heavy atom. The van der Waals surface area contributed by atoms with Crippen molar-refractivity contribution in [2.75, 3.05) is 32.8 Å². The van der Waals surface area contributed by atoms with Crippen LogP contribution in [0.5, 0.6) is 5.75 Å². The van der Waals surface area contributed by atoms with Crippen molar-refractivity contribution in [1.29, 1.82) is 0 Å². The maximum absolute atomic E-state index is 10.7. The molecule has 2 N–H and O–H groups in total. The second-order valence-corrected chi connectivity index (χ2v) is 5.84. The van der Waals surface area contributed by atoms with Crippen LogP contribution < -0.4 is 10.1 Å². The van der Waals surface area contributed by atoms with Crippen LogP contribution in [0.1, 0.15) is 37.5 Å². The summed E-state index contributed by atoms with van der Waals surface area (Å²) in [5.74, 6) is 0.889. The van der Waals surface area contributed by atoms with Gasteiger partial charge in [-0.25, -0.2) is 0 Å². The molecule has 1 heterocycles. The van der Waals surface area contributed by atoms with Gasteiger partial charge in [0.25, 0.3) is 0 Å². The smallest absolute Gasteiger partial charge is 0.119 e. The third kappa shape index (κ3) is 4.19. The van der Waals surface area contributed by atoms with Crippen LogP contribution in [0, 0.1) is 6.92 Å². The van der Waals surface area contributed by atoms with Crippen molar-refractivity contribution in [3.05, 3.63) is 29.3 Å². The van der Waals surface area contributed by atoms with Crippen molar-refractivity contribution in [1.82, 2.24) is 10.2 Å². The van der Waals surface area contributed by atoms with Crippen LogP contribution >= 0.6 is 0 Å². The molecule has 2 rings (SSSR count). The summed E-state index contributed by atoms with van der Waals surface area (Å²) in [6, 6.07) is 6.13. The molecule has 1 aliphatic rings. The van der Waals surface area contributed by atoms with Crippen LogP contribution in [0.25, 0.3) is 0 Å². The summed E-state index contributed by atoms with van der Waals surface area (Å²) >= 11 is 0. The van der Waals surface area contributed by atoms with E-state index in [0.717, 1.165) is 56.1 Å². The SMILES string of the molecule is CCCOc1ccc(C(O)C(C)N2CCNCC2)c(C)c1. The fourth-order valence-electron chi connectivity index (χ4n) is 2.84. The maximum Gasteiger partial charge on any atom is 0.119 e. The van der Waals surface area contributed by atoms with E-state index in [0.29, 0.717) is 0 Å². The van der Waals surface area contributed by atoms with E-state index in [4.69, 9.17) is 4.74 Å². The molecule has 1 fully saturated rings. The quantitative estimate of drug-likeness (QED) is 0.843. The lowest BCUT2D eigenvalue weighted by Crippen LogP contribution is -2.49. The van der Waals surface area contributed by atoms with E-state index in [1.54, 1.807) is 0 Å². The minimum absolute atomic E-state index is 0.133. The molecule has 0 bridgehead atoms. The van der Waals surface area contributed by atoms with Crippen molar-refractivity contribution in [2.24, 2.45) is 0 Å². The zero-order valence-electron chi connectivity index (χ0n) is 13.4. The average molecular weight is 292 g/mol. The van der Waals surface area contributed by atoms with Gasteiger partial charge in [0, 0.05) is 32.2 Å². The number of aliphatic hydroxyl groups excluding tert-OH is 1. The van der Waals surface area contributed by atoms with E-state index >= 15 is 0 Å². The highest BCUT2D eigenvalue weighted by Gasteiger charge is 2.25. The van der Waals surface area contributed by atoms with Crippen molar-refractivity contribution >= 4 is 0 Å². The highest BCUT2D eigenvalue weighted by atomic mass is 16.5. The van der Waals surface area contributed by atoms with Crippen molar-refractivity contribution in [3.63, 3.8) is 0 Å². The Balaban J connectivity index is 2.05. The van der Waals surface area contributed by atoms with E-state index < -0.39 is 6.10 Å². The van der Waals surface area contributed by atoms with Gasteiger partial charge in [0.2, 0.25) is 0 Å². The van der Waals surface area contributed by atoms with Gasteiger partial charge in [-0.05, 0) is 43.5 Å². The Kier molecular flexibility index (Phi) is 6.03. The molecule has 1 aliphatic heterocycles. The fourth-order valence-corrected chi connectivity index (χ4v) is 2.84. The first-order chi connectivity index (χ1) is 10.1. The molecule has 0 amide bonds. The predicted octanol–water partition coefficient (Wildman–Crippen LogP) is 2.11. The highest BCUT2D eigenvalue weighted by Crippen LogP contribution is 2.27. The van der Waals surface area contributed by atoms with Gasteiger partial charge in [0.15, 0.2) is 0 Å². The predicted molar refractivity (Wildman–Crippen MR) is 85.8 cm³/mol. The van der Waals surface area contributed by atoms with Crippen molar-refractivity contribution in [3.8, 4) is 5.75 Å². The second-order valence-electron chi connectivity index (χ2n) is 5.84. The van der Waals surface area contributed by atoms with Gasteiger partial charge in [0.05, 0.1) is 12.7 Å². The summed E-state index contributed by atoms with van der Waals surface area (Å²) in [6.07, 6.45) is 0.548. The minimum Gasteiger partial charge on any atom is -0.494 e. The number of nitrogens with zero attached hydrogens (tertiary/aromatic N) is 1. The first-order valence-electron chi connectivity index (χ1n) is 7.99. The van der Waals surface area contributed by atoms with Crippen molar-refractivity contribution in [2.45, 2.75) is 39.3 Å². The van der Waals surface area contributed by atoms with E-state index in [-0.39, 0.29) is 6.04 Å². The van der Waals surface area contributed by atoms with Gasteiger partial charge in [-0.1, -0.05) is 13.0 Å². The number of rotatable bonds is 6. The Morgan fingerprint density at radius 2 is 2.05 bits per heavy atom. The molecule has 0 aromatic heterocycles. The van der Waals surface area contributed by atoms with E-state index in [9.17, 15) is 5.11 Å². The van der Waals surface area contributed by atoms with Crippen LogP contribution in [0.3, 0.4) is 0 Å². The van der Waals surface area contributed by atoms with E-state index in [1.807, 2.05) is 25.1 Å². The van der Waals surface area contributed by atoms with Gasteiger partial charge >= 0.3 is 0 Å². The summed E-state index contributed by atoms with van der Waals surface area (Å²) in [6.45, 7) is 11.0. The Bertz CT molecular complexity index is 444. The number of ether oxygens (including phenoxy) is 1. The number of aliphatic hydroxyl groups is 1. The van der Waals surface area contributed by atoms with Gasteiger partial charge in [-0.3, -0.25) is 4.90 Å².